The molecule has 0 aliphatic carbocycles. The standard InChI is InChI=1S/C17H24N3/c1-14-4-6-15(7-5-14)8-10-20-11-9-18-12-16(20)17(2,3)19-13-20/h4-7,12-13,18H,8-11H2,1-3H3/q+1. The van der Waals surface area contributed by atoms with Crippen LogP contribution in [-0.2, 0) is 6.42 Å². The number of aliphatic imine (C=N–C) groups is 1. The zero-order valence-electron chi connectivity index (χ0n) is 12.7. The highest BCUT2D eigenvalue weighted by atomic mass is 15.4. The summed E-state index contributed by atoms with van der Waals surface area (Å²) in [6.45, 7) is 9.77. The van der Waals surface area contributed by atoms with Crippen LogP contribution < -0.4 is 5.32 Å². The van der Waals surface area contributed by atoms with Gasteiger partial charge in [0.15, 0.2) is 12.0 Å². The van der Waals surface area contributed by atoms with Gasteiger partial charge in [0, 0.05) is 6.42 Å². The highest BCUT2D eigenvalue weighted by molar-refractivity contribution is 5.55. The van der Waals surface area contributed by atoms with Gasteiger partial charge in [-0.1, -0.05) is 29.8 Å². The molecular weight excluding hydrogens is 246 g/mol. The summed E-state index contributed by atoms with van der Waals surface area (Å²) in [6, 6.07) is 8.90. The lowest BCUT2D eigenvalue weighted by Crippen LogP contribution is -2.54. The zero-order chi connectivity index (χ0) is 14.2. The molecular formula is C17H24N3+. The highest BCUT2D eigenvalue weighted by Gasteiger charge is 2.47. The number of benzene rings is 1. The number of nitrogens with zero attached hydrogens (tertiary/aromatic N) is 2. The summed E-state index contributed by atoms with van der Waals surface area (Å²) < 4.78 is 0.924. The number of aryl methyl sites for hydroxylation is 1. The van der Waals surface area contributed by atoms with Gasteiger partial charge in [0.05, 0.1) is 19.3 Å². The van der Waals surface area contributed by atoms with Gasteiger partial charge >= 0.3 is 0 Å². The van der Waals surface area contributed by atoms with E-state index >= 15 is 0 Å². The Bertz CT molecular complexity index is 554. The van der Waals surface area contributed by atoms with E-state index in [1.54, 1.807) is 0 Å². The molecule has 106 valence electrons. The van der Waals surface area contributed by atoms with Crippen molar-refractivity contribution in [1.82, 2.24) is 5.32 Å². The maximum Gasteiger partial charge on any atom is 0.191 e. The lowest BCUT2D eigenvalue weighted by molar-refractivity contribution is -0.795. The van der Waals surface area contributed by atoms with Crippen molar-refractivity contribution < 1.29 is 4.48 Å². The zero-order valence-corrected chi connectivity index (χ0v) is 12.7. The minimum atomic E-state index is -0.0688. The van der Waals surface area contributed by atoms with Gasteiger partial charge in [0.1, 0.15) is 12.1 Å². The molecule has 3 rings (SSSR count). The predicted octanol–water partition coefficient (Wildman–Crippen LogP) is 2.62. The van der Waals surface area contributed by atoms with Crippen LogP contribution in [0.15, 0.2) is 41.2 Å². The van der Waals surface area contributed by atoms with E-state index in [4.69, 9.17) is 4.99 Å². The first-order chi connectivity index (χ1) is 9.52. The topological polar surface area (TPSA) is 24.4 Å². The highest BCUT2D eigenvalue weighted by Crippen LogP contribution is 2.36. The Morgan fingerprint density at radius 3 is 2.75 bits per heavy atom. The Hall–Kier alpha value is -1.61. The van der Waals surface area contributed by atoms with Gasteiger partial charge < -0.3 is 5.32 Å². The second kappa shape index (κ2) is 4.74. The number of rotatable bonds is 3. The predicted molar refractivity (Wildman–Crippen MR) is 83.5 cm³/mol. The maximum absolute atomic E-state index is 4.75. The van der Waals surface area contributed by atoms with Crippen molar-refractivity contribution >= 4 is 6.34 Å². The minimum Gasteiger partial charge on any atom is -0.381 e. The van der Waals surface area contributed by atoms with Gasteiger partial charge in [0.2, 0.25) is 0 Å². The van der Waals surface area contributed by atoms with Crippen LogP contribution in [0.5, 0.6) is 0 Å². The summed E-state index contributed by atoms with van der Waals surface area (Å²) in [5, 5.41) is 3.38. The molecule has 3 nitrogen and oxygen atoms in total. The molecule has 20 heavy (non-hydrogen) atoms. The molecule has 1 atom stereocenters. The first-order valence-electron chi connectivity index (χ1n) is 7.45. The van der Waals surface area contributed by atoms with Crippen LogP contribution >= 0.6 is 0 Å². The smallest absolute Gasteiger partial charge is 0.191 e. The summed E-state index contributed by atoms with van der Waals surface area (Å²) in [5.74, 6) is 0. The Morgan fingerprint density at radius 2 is 2.00 bits per heavy atom. The van der Waals surface area contributed by atoms with Crippen LogP contribution in [0, 0.1) is 6.92 Å². The number of quaternary nitrogens is 1. The lowest BCUT2D eigenvalue weighted by atomic mass is 9.99. The molecule has 0 saturated heterocycles. The third kappa shape index (κ3) is 2.27. The molecule has 1 N–H and O–H groups in total. The molecule has 1 unspecified atom stereocenters. The van der Waals surface area contributed by atoms with E-state index in [1.165, 1.54) is 16.8 Å². The van der Waals surface area contributed by atoms with Crippen LogP contribution in [0.3, 0.4) is 0 Å². The van der Waals surface area contributed by atoms with Crippen LogP contribution in [-0.4, -0.2) is 36.0 Å². The molecule has 0 radical (unpaired) electrons. The second-order valence-electron chi connectivity index (χ2n) is 6.50. The molecule has 2 aliphatic rings. The van der Waals surface area contributed by atoms with Crippen molar-refractivity contribution in [2.45, 2.75) is 32.7 Å². The maximum atomic E-state index is 4.75. The average molecular weight is 270 g/mol. The van der Waals surface area contributed by atoms with Crippen molar-refractivity contribution in [1.29, 1.82) is 0 Å². The fourth-order valence-electron chi connectivity index (χ4n) is 3.22. The Labute approximate surface area is 121 Å². The first kappa shape index (κ1) is 13.4. The Balaban J connectivity index is 1.79. The van der Waals surface area contributed by atoms with Gasteiger partial charge in [-0.15, -0.1) is 0 Å². The van der Waals surface area contributed by atoms with Crippen molar-refractivity contribution in [2.75, 3.05) is 19.6 Å². The van der Waals surface area contributed by atoms with Crippen LogP contribution in [0.1, 0.15) is 25.0 Å². The van der Waals surface area contributed by atoms with E-state index < -0.39 is 0 Å². The summed E-state index contributed by atoms with van der Waals surface area (Å²) in [4.78, 5) is 4.75. The SMILES string of the molecule is Cc1ccc(CC[N+]23C=NC(C)(C)C2=CNCC3)cc1. The van der Waals surface area contributed by atoms with Gasteiger partial charge in [-0.25, -0.2) is 9.48 Å². The summed E-state index contributed by atoms with van der Waals surface area (Å²) in [7, 11) is 0. The van der Waals surface area contributed by atoms with Crippen molar-refractivity contribution in [3.63, 3.8) is 0 Å². The number of fused-ring (bicyclic) bond motifs is 1. The van der Waals surface area contributed by atoms with Crippen molar-refractivity contribution in [2.24, 2.45) is 4.99 Å². The van der Waals surface area contributed by atoms with Gasteiger partial charge in [0.25, 0.3) is 0 Å². The molecule has 0 aromatic heterocycles. The molecule has 3 heteroatoms. The van der Waals surface area contributed by atoms with Crippen LogP contribution in [0.4, 0.5) is 0 Å². The number of hydrogen-bond donors (Lipinski definition) is 1. The molecule has 0 spiro atoms. The third-order valence-electron chi connectivity index (χ3n) is 4.52. The van der Waals surface area contributed by atoms with Crippen molar-refractivity contribution in [3.05, 3.63) is 47.3 Å². The molecule has 0 saturated carbocycles. The fourth-order valence-corrected chi connectivity index (χ4v) is 3.22. The minimum absolute atomic E-state index is 0.0688. The van der Waals surface area contributed by atoms with E-state index in [9.17, 15) is 0 Å². The Kier molecular flexibility index (Phi) is 3.17. The van der Waals surface area contributed by atoms with Crippen molar-refractivity contribution in [3.8, 4) is 0 Å². The quantitative estimate of drug-likeness (QED) is 0.839. The van der Waals surface area contributed by atoms with E-state index in [0.29, 0.717) is 0 Å². The second-order valence-corrected chi connectivity index (χ2v) is 6.50. The van der Waals surface area contributed by atoms with E-state index in [0.717, 1.165) is 30.5 Å². The number of nitrogens with one attached hydrogen (secondary N) is 1. The molecule has 1 aromatic carbocycles. The molecule has 0 fully saturated rings. The van der Waals surface area contributed by atoms with E-state index in [-0.39, 0.29) is 5.54 Å². The summed E-state index contributed by atoms with van der Waals surface area (Å²) in [6.07, 6.45) is 5.45. The van der Waals surface area contributed by atoms with Crippen LogP contribution in [0.2, 0.25) is 0 Å². The molecule has 2 heterocycles. The normalized spacial score (nSPS) is 26.9. The molecule has 0 amide bonds. The summed E-state index contributed by atoms with van der Waals surface area (Å²) >= 11 is 0. The summed E-state index contributed by atoms with van der Waals surface area (Å²) in [5.41, 5.74) is 4.07. The van der Waals surface area contributed by atoms with E-state index in [1.807, 2.05) is 0 Å². The monoisotopic (exact) mass is 270 g/mol. The van der Waals surface area contributed by atoms with Gasteiger partial charge in [-0.3, -0.25) is 0 Å². The molecule has 2 aliphatic heterocycles. The van der Waals surface area contributed by atoms with Gasteiger partial charge in [-0.05, 0) is 26.3 Å². The molecule has 0 bridgehead atoms. The lowest BCUT2D eigenvalue weighted by Gasteiger charge is -2.37. The largest absolute Gasteiger partial charge is 0.381 e. The van der Waals surface area contributed by atoms with Gasteiger partial charge in [-0.2, -0.15) is 0 Å². The third-order valence-corrected chi connectivity index (χ3v) is 4.52. The first-order valence-corrected chi connectivity index (χ1v) is 7.45. The van der Waals surface area contributed by atoms with E-state index in [2.05, 4.69) is 62.9 Å². The number of hydrogen-bond acceptors (Lipinski definition) is 2. The average Bonchev–Trinajstić information content (AvgIpc) is 2.72. The molecule has 1 aromatic rings. The Morgan fingerprint density at radius 1 is 1.25 bits per heavy atom. The van der Waals surface area contributed by atoms with Crippen LogP contribution in [0.25, 0.3) is 0 Å². The fraction of sp³-hybridized carbons (Fsp3) is 0.471.